The summed E-state index contributed by atoms with van der Waals surface area (Å²) in [5.41, 5.74) is 0.922. The molecule has 2 fully saturated rings. The number of nitrogens with zero attached hydrogens (tertiary/aromatic N) is 1. The molecule has 0 spiro atoms. The van der Waals surface area contributed by atoms with Crippen LogP contribution in [0.15, 0.2) is 30.3 Å². The van der Waals surface area contributed by atoms with Crippen LogP contribution in [-0.4, -0.2) is 40.7 Å². The molecule has 7 nitrogen and oxygen atoms in total. The molecule has 0 unspecified atom stereocenters. The number of hydrogen-bond donors (Lipinski definition) is 2. The summed E-state index contributed by atoms with van der Waals surface area (Å²) < 4.78 is 0. The van der Waals surface area contributed by atoms with Gasteiger partial charge in [-0.3, -0.25) is 19.7 Å². The van der Waals surface area contributed by atoms with Crippen LogP contribution in [0.5, 0.6) is 0 Å². The zero-order valence-corrected chi connectivity index (χ0v) is 11.7. The molecular formula is C15H15N3O4. The van der Waals surface area contributed by atoms with Crippen molar-refractivity contribution in [2.75, 3.05) is 0 Å². The standard InChI is InChI=1S/C15H15N3O4/c19-12-7-6-11(13(20)17-12)18-14(21)10(16-15(18)22)8-9-4-2-1-3-5-9/h1-5,10-11H,6-8H2,(H,16,22)(H,17,19,20)/t10-,11-/m0/s1. The van der Waals surface area contributed by atoms with E-state index in [4.69, 9.17) is 0 Å². The number of nitrogens with one attached hydrogen (secondary N) is 2. The molecular weight excluding hydrogens is 286 g/mol. The second kappa shape index (κ2) is 5.59. The minimum Gasteiger partial charge on any atom is -0.325 e. The Morgan fingerprint density at radius 3 is 2.50 bits per heavy atom. The normalized spacial score (nSPS) is 25.2. The van der Waals surface area contributed by atoms with E-state index < -0.39 is 29.9 Å². The van der Waals surface area contributed by atoms with Crippen LogP contribution >= 0.6 is 0 Å². The third kappa shape index (κ3) is 2.57. The molecule has 2 N–H and O–H groups in total. The molecule has 2 aliphatic heterocycles. The number of rotatable bonds is 3. The monoisotopic (exact) mass is 301 g/mol. The first-order valence-electron chi connectivity index (χ1n) is 7.07. The fourth-order valence-corrected chi connectivity index (χ4v) is 2.76. The Morgan fingerprint density at radius 2 is 1.82 bits per heavy atom. The van der Waals surface area contributed by atoms with Gasteiger partial charge in [0.05, 0.1) is 0 Å². The van der Waals surface area contributed by atoms with Gasteiger partial charge in [0.25, 0.3) is 5.91 Å². The highest BCUT2D eigenvalue weighted by molar-refractivity contribution is 6.10. The summed E-state index contributed by atoms with van der Waals surface area (Å²) in [6.45, 7) is 0. The molecule has 2 saturated heterocycles. The van der Waals surface area contributed by atoms with Gasteiger partial charge in [0.15, 0.2) is 0 Å². The maximum absolute atomic E-state index is 12.4. The Bertz CT molecular complexity index is 643. The molecule has 114 valence electrons. The van der Waals surface area contributed by atoms with Gasteiger partial charge in [-0.2, -0.15) is 0 Å². The van der Waals surface area contributed by atoms with Crippen LogP contribution in [-0.2, 0) is 20.8 Å². The van der Waals surface area contributed by atoms with Gasteiger partial charge in [0.2, 0.25) is 11.8 Å². The Balaban J connectivity index is 1.74. The zero-order chi connectivity index (χ0) is 15.7. The molecule has 2 aliphatic rings. The van der Waals surface area contributed by atoms with Crippen LogP contribution in [0.25, 0.3) is 0 Å². The number of urea groups is 1. The average molecular weight is 301 g/mol. The smallest absolute Gasteiger partial charge is 0.325 e. The minimum absolute atomic E-state index is 0.122. The van der Waals surface area contributed by atoms with Gasteiger partial charge >= 0.3 is 6.03 Å². The highest BCUT2D eigenvalue weighted by atomic mass is 16.2. The lowest BCUT2D eigenvalue weighted by Gasteiger charge is -2.27. The van der Waals surface area contributed by atoms with E-state index in [1.807, 2.05) is 30.3 Å². The van der Waals surface area contributed by atoms with Gasteiger partial charge in [-0.05, 0) is 12.0 Å². The average Bonchev–Trinajstić information content (AvgIpc) is 2.75. The Labute approximate surface area is 126 Å². The molecule has 0 radical (unpaired) electrons. The van der Waals surface area contributed by atoms with Crippen molar-refractivity contribution in [1.82, 2.24) is 15.5 Å². The van der Waals surface area contributed by atoms with E-state index in [1.165, 1.54) is 0 Å². The third-order valence-electron chi connectivity index (χ3n) is 3.86. The molecule has 3 rings (SSSR count). The van der Waals surface area contributed by atoms with E-state index in [-0.39, 0.29) is 18.7 Å². The van der Waals surface area contributed by atoms with E-state index >= 15 is 0 Å². The number of carbonyl (C=O) groups excluding carboxylic acids is 4. The zero-order valence-electron chi connectivity index (χ0n) is 11.7. The first-order chi connectivity index (χ1) is 10.6. The van der Waals surface area contributed by atoms with Crippen molar-refractivity contribution >= 4 is 23.8 Å². The minimum atomic E-state index is -0.911. The molecule has 0 aliphatic carbocycles. The van der Waals surface area contributed by atoms with Gasteiger partial charge in [0, 0.05) is 12.8 Å². The molecule has 1 aromatic rings. The molecule has 0 saturated carbocycles. The van der Waals surface area contributed by atoms with E-state index in [1.54, 1.807) is 0 Å². The number of amides is 5. The Morgan fingerprint density at radius 1 is 1.09 bits per heavy atom. The van der Waals surface area contributed by atoms with Crippen LogP contribution in [0.3, 0.4) is 0 Å². The van der Waals surface area contributed by atoms with Gasteiger partial charge in [-0.1, -0.05) is 30.3 Å². The SMILES string of the molecule is O=C1CC[C@H](N2C(=O)N[C@@H](Cc3ccccc3)C2=O)C(=O)N1. The third-order valence-corrected chi connectivity index (χ3v) is 3.86. The Hall–Kier alpha value is -2.70. The summed E-state index contributed by atoms with van der Waals surface area (Å²) in [6.07, 6.45) is 0.661. The van der Waals surface area contributed by atoms with Gasteiger partial charge in [0.1, 0.15) is 12.1 Å². The predicted octanol–water partition coefficient (Wildman–Crippen LogP) is -0.0453. The molecule has 1 aromatic carbocycles. The quantitative estimate of drug-likeness (QED) is 0.604. The van der Waals surface area contributed by atoms with E-state index in [2.05, 4.69) is 10.6 Å². The van der Waals surface area contributed by atoms with E-state index in [0.717, 1.165) is 10.5 Å². The first-order valence-corrected chi connectivity index (χ1v) is 7.07. The number of benzene rings is 1. The van der Waals surface area contributed by atoms with Crippen molar-refractivity contribution in [3.05, 3.63) is 35.9 Å². The lowest BCUT2D eigenvalue weighted by atomic mass is 10.0. The lowest BCUT2D eigenvalue weighted by Crippen LogP contribution is -2.54. The first kappa shape index (κ1) is 14.2. The molecule has 7 heteroatoms. The molecule has 2 heterocycles. The number of piperidine rings is 1. The Kier molecular flexibility index (Phi) is 3.62. The van der Waals surface area contributed by atoms with Crippen molar-refractivity contribution in [2.45, 2.75) is 31.3 Å². The molecule has 0 bridgehead atoms. The largest absolute Gasteiger partial charge is 0.325 e. The van der Waals surface area contributed by atoms with Crippen LogP contribution in [0.1, 0.15) is 18.4 Å². The highest BCUT2D eigenvalue weighted by Crippen LogP contribution is 2.19. The van der Waals surface area contributed by atoms with Crippen LogP contribution in [0, 0.1) is 0 Å². The van der Waals surface area contributed by atoms with Gasteiger partial charge in [-0.15, -0.1) is 0 Å². The van der Waals surface area contributed by atoms with E-state index in [0.29, 0.717) is 6.42 Å². The van der Waals surface area contributed by atoms with Gasteiger partial charge in [-0.25, -0.2) is 9.69 Å². The summed E-state index contributed by atoms with van der Waals surface area (Å²) in [5, 5.41) is 4.76. The number of hydrogen-bond acceptors (Lipinski definition) is 4. The second-order valence-corrected chi connectivity index (χ2v) is 5.37. The van der Waals surface area contributed by atoms with Crippen molar-refractivity contribution < 1.29 is 19.2 Å². The summed E-state index contributed by atoms with van der Waals surface area (Å²) in [6, 6.07) is 7.14. The summed E-state index contributed by atoms with van der Waals surface area (Å²) in [7, 11) is 0. The molecule has 2 atom stereocenters. The highest BCUT2D eigenvalue weighted by Gasteiger charge is 2.45. The van der Waals surface area contributed by atoms with E-state index in [9.17, 15) is 19.2 Å². The van der Waals surface area contributed by atoms with Crippen LogP contribution < -0.4 is 10.6 Å². The van der Waals surface area contributed by atoms with Crippen molar-refractivity contribution in [3.8, 4) is 0 Å². The summed E-state index contributed by atoms with van der Waals surface area (Å²) in [5.74, 6) is -1.40. The molecule has 22 heavy (non-hydrogen) atoms. The number of imide groups is 2. The summed E-state index contributed by atoms with van der Waals surface area (Å²) >= 11 is 0. The maximum Gasteiger partial charge on any atom is 0.325 e. The fourth-order valence-electron chi connectivity index (χ4n) is 2.76. The van der Waals surface area contributed by atoms with Crippen molar-refractivity contribution in [2.24, 2.45) is 0 Å². The van der Waals surface area contributed by atoms with Crippen LogP contribution in [0.2, 0.25) is 0 Å². The van der Waals surface area contributed by atoms with Crippen LogP contribution in [0.4, 0.5) is 4.79 Å². The predicted molar refractivity (Wildman–Crippen MR) is 75.5 cm³/mol. The summed E-state index contributed by atoms with van der Waals surface area (Å²) in [4.78, 5) is 48.4. The van der Waals surface area contributed by atoms with Gasteiger partial charge < -0.3 is 5.32 Å². The lowest BCUT2D eigenvalue weighted by molar-refractivity contribution is -0.142. The second-order valence-electron chi connectivity index (χ2n) is 5.37. The number of carbonyl (C=O) groups is 4. The van der Waals surface area contributed by atoms with Crippen molar-refractivity contribution in [1.29, 1.82) is 0 Å². The molecule has 0 aromatic heterocycles. The fraction of sp³-hybridized carbons (Fsp3) is 0.333. The molecule has 5 amide bonds. The van der Waals surface area contributed by atoms with Crippen molar-refractivity contribution in [3.63, 3.8) is 0 Å². The topological polar surface area (TPSA) is 95.6 Å². The maximum atomic E-state index is 12.4.